The first kappa shape index (κ1) is 12.8. The lowest BCUT2D eigenvalue weighted by Gasteiger charge is -2.02. The van der Waals surface area contributed by atoms with Crippen molar-refractivity contribution in [3.8, 4) is 0 Å². The van der Waals surface area contributed by atoms with Crippen LogP contribution in [0.1, 0.15) is 6.92 Å². The number of ether oxygens (including phenoxy) is 1. The summed E-state index contributed by atoms with van der Waals surface area (Å²) >= 11 is 11.6. The predicted octanol–water partition coefficient (Wildman–Crippen LogP) is 2.95. The van der Waals surface area contributed by atoms with Crippen molar-refractivity contribution < 1.29 is 9.53 Å². The van der Waals surface area contributed by atoms with Gasteiger partial charge in [0.15, 0.2) is 0 Å². The molecule has 0 aliphatic heterocycles. The van der Waals surface area contributed by atoms with Crippen molar-refractivity contribution in [2.24, 2.45) is 5.10 Å². The van der Waals surface area contributed by atoms with Crippen LogP contribution in [0.4, 0.5) is 5.69 Å². The first-order valence-corrected chi connectivity index (χ1v) is 5.30. The highest BCUT2D eigenvalue weighted by atomic mass is 35.5. The van der Waals surface area contributed by atoms with Crippen molar-refractivity contribution in [2.45, 2.75) is 6.92 Å². The smallest absolute Gasteiger partial charge is 0.351 e. The fourth-order valence-corrected chi connectivity index (χ4v) is 1.36. The number of nitrogens with zero attached hydrogens (tertiary/aromatic N) is 1. The van der Waals surface area contributed by atoms with Gasteiger partial charge in [-0.05, 0) is 25.1 Å². The summed E-state index contributed by atoms with van der Waals surface area (Å²) in [6.45, 7) is 2.03. The molecule has 0 atom stereocenters. The van der Waals surface area contributed by atoms with Crippen molar-refractivity contribution >= 4 is 41.1 Å². The van der Waals surface area contributed by atoms with Crippen LogP contribution in [0, 0.1) is 0 Å². The van der Waals surface area contributed by atoms with Crippen LogP contribution >= 0.6 is 23.2 Å². The molecular weight excluding hydrogens is 251 g/mol. The van der Waals surface area contributed by atoms with E-state index in [-0.39, 0.29) is 0 Å². The van der Waals surface area contributed by atoms with E-state index < -0.39 is 5.97 Å². The molecule has 4 nitrogen and oxygen atoms in total. The number of hydrogen-bond donors (Lipinski definition) is 1. The molecule has 6 heteroatoms. The van der Waals surface area contributed by atoms with Gasteiger partial charge in [0.05, 0.1) is 17.3 Å². The topological polar surface area (TPSA) is 50.7 Å². The second-order valence-electron chi connectivity index (χ2n) is 2.75. The van der Waals surface area contributed by atoms with Crippen LogP contribution in [-0.4, -0.2) is 18.8 Å². The molecule has 0 heterocycles. The van der Waals surface area contributed by atoms with E-state index >= 15 is 0 Å². The third-order valence-corrected chi connectivity index (χ3v) is 2.12. The van der Waals surface area contributed by atoms with E-state index in [2.05, 4.69) is 15.3 Å². The van der Waals surface area contributed by atoms with Crippen molar-refractivity contribution in [2.75, 3.05) is 12.0 Å². The maximum atomic E-state index is 10.9. The summed E-state index contributed by atoms with van der Waals surface area (Å²) in [4.78, 5) is 10.9. The van der Waals surface area contributed by atoms with Gasteiger partial charge >= 0.3 is 5.97 Å². The molecule has 1 N–H and O–H groups in total. The van der Waals surface area contributed by atoms with Crippen LogP contribution in [0.3, 0.4) is 0 Å². The van der Waals surface area contributed by atoms with Gasteiger partial charge in [-0.3, -0.25) is 5.43 Å². The minimum Gasteiger partial charge on any atom is -0.462 e. The molecule has 1 aromatic carbocycles. The lowest BCUT2D eigenvalue weighted by molar-refractivity contribution is -0.134. The molecule has 0 radical (unpaired) electrons. The van der Waals surface area contributed by atoms with Gasteiger partial charge in [0.2, 0.25) is 0 Å². The van der Waals surface area contributed by atoms with E-state index in [0.29, 0.717) is 22.3 Å². The molecule has 0 bridgehead atoms. The number of benzene rings is 1. The van der Waals surface area contributed by atoms with Gasteiger partial charge in [0.1, 0.15) is 6.21 Å². The molecule has 0 aromatic heterocycles. The number of hydrogen-bond acceptors (Lipinski definition) is 4. The number of esters is 1. The first-order chi connectivity index (χ1) is 7.63. The molecule has 86 valence electrons. The lowest BCUT2D eigenvalue weighted by atomic mass is 10.3. The van der Waals surface area contributed by atoms with Crippen LogP contribution in [0.25, 0.3) is 0 Å². The van der Waals surface area contributed by atoms with Gasteiger partial charge in [-0.25, -0.2) is 4.79 Å². The van der Waals surface area contributed by atoms with E-state index in [1.807, 2.05) is 0 Å². The molecule has 0 aliphatic rings. The van der Waals surface area contributed by atoms with E-state index in [4.69, 9.17) is 23.2 Å². The zero-order valence-electron chi connectivity index (χ0n) is 8.54. The van der Waals surface area contributed by atoms with Crippen LogP contribution in [-0.2, 0) is 9.53 Å². The Morgan fingerprint density at radius 3 is 2.94 bits per heavy atom. The Labute approximate surface area is 103 Å². The molecule has 16 heavy (non-hydrogen) atoms. The average Bonchev–Trinajstić information content (AvgIpc) is 2.22. The molecule has 1 rings (SSSR count). The minimum absolute atomic E-state index is 0.312. The number of rotatable bonds is 4. The standard InChI is InChI=1S/C10H10Cl2N2O2/c1-2-16-10(15)6-13-14-9-4-3-7(11)5-8(9)12/h3-6,14H,2H2,1H3/b13-6+. The Bertz CT molecular complexity index is 408. The Kier molecular flexibility index (Phi) is 5.08. The fraction of sp³-hybridized carbons (Fsp3) is 0.200. The second kappa shape index (κ2) is 6.35. The second-order valence-corrected chi connectivity index (χ2v) is 3.59. The summed E-state index contributed by atoms with van der Waals surface area (Å²) in [7, 11) is 0. The van der Waals surface area contributed by atoms with Crippen molar-refractivity contribution in [1.29, 1.82) is 0 Å². The molecule has 0 aliphatic carbocycles. The predicted molar refractivity (Wildman–Crippen MR) is 65.2 cm³/mol. The number of hydrazone groups is 1. The molecule has 0 unspecified atom stereocenters. The molecular formula is C10H10Cl2N2O2. The fourth-order valence-electron chi connectivity index (χ4n) is 0.914. The third kappa shape index (κ3) is 4.08. The van der Waals surface area contributed by atoms with Gasteiger partial charge in [0, 0.05) is 5.02 Å². The van der Waals surface area contributed by atoms with Crippen molar-refractivity contribution in [1.82, 2.24) is 0 Å². The van der Waals surface area contributed by atoms with Crippen LogP contribution in [0.2, 0.25) is 10.0 Å². The quantitative estimate of drug-likeness (QED) is 0.515. The Balaban J connectivity index is 2.57. The van der Waals surface area contributed by atoms with Crippen LogP contribution in [0.5, 0.6) is 0 Å². The summed E-state index contributed by atoms with van der Waals surface area (Å²) in [6.07, 6.45) is 1.04. The molecule has 0 saturated carbocycles. The van der Waals surface area contributed by atoms with Crippen molar-refractivity contribution in [3.63, 3.8) is 0 Å². The molecule has 0 fully saturated rings. The number of carbonyl (C=O) groups is 1. The van der Waals surface area contributed by atoms with E-state index in [1.54, 1.807) is 25.1 Å². The zero-order valence-corrected chi connectivity index (χ0v) is 10.0. The van der Waals surface area contributed by atoms with Gasteiger partial charge in [-0.1, -0.05) is 23.2 Å². The number of halogens is 2. The first-order valence-electron chi connectivity index (χ1n) is 4.54. The summed E-state index contributed by atoms with van der Waals surface area (Å²) in [5.41, 5.74) is 3.17. The zero-order chi connectivity index (χ0) is 12.0. The van der Waals surface area contributed by atoms with Crippen LogP contribution < -0.4 is 5.43 Å². The van der Waals surface area contributed by atoms with E-state index in [1.165, 1.54) is 0 Å². The molecule has 0 spiro atoms. The summed E-state index contributed by atoms with van der Waals surface area (Å²) in [6, 6.07) is 4.90. The third-order valence-electron chi connectivity index (χ3n) is 1.57. The minimum atomic E-state index is -0.514. The highest BCUT2D eigenvalue weighted by Gasteiger charge is 1.99. The monoisotopic (exact) mass is 260 g/mol. The van der Waals surface area contributed by atoms with Gasteiger partial charge in [-0.15, -0.1) is 0 Å². The highest BCUT2D eigenvalue weighted by molar-refractivity contribution is 6.36. The van der Waals surface area contributed by atoms with Crippen LogP contribution in [0.15, 0.2) is 23.3 Å². The van der Waals surface area contributed by atoms with E-state index in [0.717, 1.165) is 6.21 Å². The SMILES string of the molecule is CCOC(=O)/C=N/Nc1ccc(Cl)cc1Cl. The number of nitrogens with one attached hydrogen (secondary N) is 1. The van der Waals surface area contributed by atoms with Crippen molar-refractivity contribution in [3.05, 3.63) is 28.2 Å². The number of carbonyl (C=O) groups excluding carboxylic acids is 1. The summed E-state index contributed by atoms with van der Waals surface area (Å²) in [5, 5.41) is 4.63. The maximum Gasteiger partial charge on any atom is 0.351 e. The average molecular weight is 261 g/mol. The Morgan fingerprint density at radius 1 is 1.56 bits per heavy atom. The Hall–Kier alpha value is -1.26. The maximum absolute atomic E-state index is 10.9. The van der Waals surface area contributed by atoms with Gasteiger partial charge in [0.25, 0.3) is 0 Å². The number of anilines is 1. The molecule has 1 aromatic rings. The van der Waals surface area contributed by atoms with Gasteiger partial charge in [-0.2, -0.15) is 5.10 Å². The van der Waals surface area contributed by atoms with Gasteiger partial charge < -0.3 is 4.74 Å². The van der Waals surface area contributed by atoms with E-state index in [9.17, 15) is 4.79 Å². The lowest BCUT2D eigenvalue weighted by Crippen LogP contribution is -2.06. The highest BCUT2D eigenvalue weighted by Crippen LogP contribution is 2.25. The summed E-state index contributed by atoms with van der Waals surface area (Å²) < 4.78 is 4.65. The Morgan fingerprint density at radius 2 is 2.31 bits per heavy atom. The molecule has 0 saturated heterocycles. The molecule has 0 amide bonds. The summed E-state index contributed by atoms with van der Waals surface area (Å²) in [5.74, 6) is -0.514. The largest absolute Gasteiger partial charge is 0.462 e. The normalized spacial score (nSPS) is 10.4.